The lowest BCUT2D eigenvalue weighted by molar-refractivity contribution is -0.144. The van der Waals surface area contributed by atoms with Crippen LogP contribution in [0.1, 0.15) is 48.2 Å². The molecule has 2 heterocycles. The number of carboxylic acid groups (broad SMARTS) is 1. The first-order valence-corrected chi connectivity index (χ1v) is 13.9. The number of carbonyl (C=O) groups is 3. The number of alkyl halides is 1. The topological polar surface area (TPSA) is 109 Å². The third-order valence-electron chi connectivity index (χ3n) is 7.76. The van der Waals surface area contributed by atoms with E-state index < -0.39 is 18.0 Å². The molecule has 2 aromatic carbocycles. The predicted octanol–water partition coefficient (Wildman–Crippen LogP) is 5.28. The molecule has 1 saturated carbocycles. The fraction of sp³-hybridized carbons (Fsp3) is 0.400. The molecule has 8 nitrogen and oxygen atoms in total. The number of nitrogens with zero attached hydrogens (tertiary/aromatic N) is 2. The Bertz CT molecular complexity index is 1410. The van der Waals surface area contributed by atoms with E-state index in [4.69, 9.17) is 21.4 Å². The van der Waals surface area contributed by atoms with Crippen LogP contribution in [0.15, 0.2) is 54.7 Å². The molecule has 3 aromatic rings. The molecular formula is C30H31ClFN3O5. The molecule has 1 saturated heterocycles. The van der Waals surface area contributed by atoms with Crippen molar-refractivity contribution in [1.82, 2.24) is 9.88 Å². The van der Waals surface area contributed by atoms with Crippen molar-refractivity contribution < 1.29 is 28.6 Å². The maximum absolute atomic E-state index is 14.3. The lowest BCUT2D eigenvalue weighted by Gasteiger charge is -2.29. The Hall–Kier alpha value is -3.56. The van der Waals surface area contributed by atoms with Crippen molar-refractivity contribution in [1.29, 1.82) is 0 Å². The number of hydrogen-bond acceptors (Lipinski definition) is 5. The zero-order valence-corrected chi connectivity index (χ0v) is 22.6. The summed E-state index contributed by atoms with van der Waals surface area (Å²) in [5.41, 5.74) is 1.32. The highest BCUT2D eigenvalue weighted by Crippen LogP contribution is 2.29. The molecule has 1 aliphatic heterocycles. The maximum atomic E-state index is 14.3. The van der Waals surface area contributed by atoms with Crippen LogP contribution in [0.25, 0.3) is 10.8 Å². The summed E-state index contributed by atoms with van der Waals surface area (Å²) in [5.74, 6) is -1.73. The third kappa shape index (κ3) is 6.42. The number of carboxylic acids is 1. The molecule has 0 spiro atoms. The van der Waals surface area contributed by atoms with E-state index in [-0.39, 0.29) is 60.7 Å². The van der Waals surface area contributed by atoms with E-state index in [1.165, 1.54) is 4.90 Å². The van der Waals surface area contributed by atoms with Gasteiger partial charge in [0.15, 0.2) is 0 Å². The Morgan fingerprint density at radius 1 is 1.10 bits per heavy atom. The average Bonchev–Trinajstić information content (AvgIpc) is 3.33. The number of benzene rings is 2. The van der Waals surface area contributed by atoms with Crippen molar-refractivity contribution >= 4 is 45.8 Å². The largest absolute Gasteiger partial charge is 0.481 e. The molecule has 2 amide bonds. The molecule has 0 bridgehead atoms. The van der Waals surface area contributed by atoms with Crippen molar-refractivity contribution in [2.75, 3.05) is 18.5 Å². The van der Waals surface area contributed by atoms with Crippen LogP contribution in [0.3, 0.4) is 0 Å². The van der Waals surface area contributed by atoms with Gasteiger partial charge in [0.25, 0.3) is 5.91 Å². The summed E-state index contributed by atoms with van der Waals surface area (Å²) >= 11 is 6.46. The van der Waals surface area contributed by atoms with Gasteiger partial charge in [0.1, 0.15) is 11.9 Å². The van der Waals surface area contributed by atoms with Gasteiger partial charge in [0, 0.05) is 18.0 Å². The molecule has 5 rings (SSSR count). The first-order chi connectivity index (χ1) is 19.3. The van der Waals surface area contributed by atoms with Crippen molar-refractivity contribution in [3.8, 4) is 0 Å². The molecule has 2 aliphatic rings. The fourth-order valence-electron chi connectivity index (χ4n) is 5.57. The minimum atomic E-state index is -1.12. The summed E-state index contributed by atoms with van der Waals surface area (Å²) in [5, 5.41) is 13.9. The molecule has 2 atom stereocenters. The SMILES string of the molecule is O=C(Nc1ccc(CC(=O)N2C[C@@H](F)C[C@H]2COC2CCC(C(=O)O)CC2)cc1Cl)c1nccc2ccccc12. The van der Waals surface area contributed by atoms with Crippen LogP contribution in [0.2, 0.25) is 5.02 Å². The molecule has 210 valence electrons. The van der Waals surface area contributed by atoms with E-state index >= 15 is 0 Å². The number of likely N-dealkylation sites (tertiary alicyclic amines) is 1. The number of hydrogen-bond donors (Lipinski definition) is 2. The number of halogens is 2. The maximum Gasteiger partial charge on any atom is 0.306 e. The van der Waals surface area contributed by atoms with Crippen molar-refractivity contribution in [2.45, 2.75) is 56.8 Å². The van der Waals surface area contributed by atoms with Crippen LogP contribution in [0.5, 0.6) is 0 Å². The van der Waals surface area contributed by atoms with Crippen molar-refractivity contribution in [3.63, 3.8) is 0 Å². The summed E-state index contributed by atoms with van der Waals surface area (Å²) in [6.07, 6.45) is 3.06. The Kier molecular flexibility index (Phi) is 8.61. The molecule has 2 fully saturated rings. The van der Waals surface area contributed by atoms with E-state index in [0.717, 1.165) is 10.8 Å². The Morgan fingerprint density at radius 2 is 1.88 bits per heavy atom. The first kappa shape index (κ1) is 28.0. The second-order valence-corrected chi connectivity index (χ2v) is 10.9. The predicted molar refractivity (Wildman–Crippen MR) is 149 cm³/mol. The Morgan fingerprint density at radius 3 is 2.62 bits per heavy atom. The summed E-state index contributed by atoms with van der Waals surface area (Å²) in [7, 11) is 0. The van der Waals surface area contributed by atoms with Crippen LogP contribution < -0.4 is 5.32 Å². The molecule has 1 aliphatic carbocycles. The number of fused-ring (bicyclic) bond motifs is 1. The van der Waals surface area contributed by atoms with Gasteiger partial charge in [-0.2, -0.15) is 0 Å². The highest BCUT2D eigenvalue weighted by Gasteiger charge is 2.36. The van der Waals surface area contributed by atoms with Gasteiger partial charge in [-0.05, 0) is 54.8 Å². The zero-order valence-electron chi connectivity index (χ0n) is 21.9. The summed E-state index contributed by atoms with van der Waals surface area (Å²) < 4.78 is 20.3. The Labute approximate surface area is 236 Å². The lowest BCUT2D eigenvalue weighted by Crippen LogP contribution is -2.40. The standard InChI is InChI=1S/C30H31ClFN3O5/c31-25-13-18(5-10-26(25)34-29(37)28-24-4-2-1-3-19(24)11-12-33-28)14-27(36)35-16-21(32)15-22(35)17-40-23-8-6-20(7-9-23)30(38)39/h1-5,10-13,20-23H,6-9,14-17H2,(H,34,37)(H,38,39)/t20?,21-,22-,23?/m0/s1. The van der Waals surface area contributed by atoms with Gasteiger partial charge < -0.3 is 20.1 Å². The van der Waals surface area contributed by atoms with Gasteiger partial charge in [0.2, 0.25) is 5.91 Å². The van der Waals surface area contributed by atoms with E-state index in [1.54, 1.807) is 24.4 Å². The van der Waals surface area contributed by atoms with Gasteiger partial charge in [0.05, 0.1) is 48.3 Å². The zero-order chi connectivity index (χ0) is 28.2. The monoisotopic (exact) mass is 567 g/mol. The van der Waals surface area contributed by atoms with E-state index in [1.807, 2.05) is 30.3 Å². The molecule has 0 radical (unpaired) electrons. The van der Waals surface area contributed by atoms with Gasteiger partial charge in [-0.15, -0.1) is 0 Å². The van der Waals surface area contributed by atoms with Crippen molar-refractivity contribution in [2.24, 2.45) is 5.92 Å². The number of carbonyl (C=O) groups excluding carboxylic acids is 2. The highest BCUT2D eigenvalue weighted by molar-refractivity contribution is 6.34. The van der Waals surface area contributed by atoms with Crippen LogP contribution in [0, 0.1) is 5.92 Å². The minimum absolute atomic E-state index is 0.0124. The number of amides is 2. The smallest absolute Gasteiger partial charge is 0.306 e. The number of ether oxygens (including phenoxy) is 1. The van der Waals surface area contributed by atoms with Crippen LogP contribution in [-0.2, 0) is 20.7 Å². The number of rotatable bonds is 8. The van der Waals surface area contributed by atoms with E-state index in [0.29, 0.717) is 36.9 Å². The number of aliphatic carboxylic acids is 1. The second kappa shape index (κ2) is 12.3. The average molecular weight is 568 g/mol. The number of anilines is 1. The molecule has 1 aromatic heterocycles. The minimum Gasteiger partial charge on any atom is -0.481 e. The number of nitrogens with one attached hydrogen (secondary N) is 1. The summed E-state index contributed by atoms with van der Waals surface area (Å²) in [4.78, 5) is 43.0. The fourth-order valence-corrected chi connectivity index (χ4v) is 5.83. The van der Waals surface area contributed by atoms with Crippen LogP contribution in [0.4, 0.5) is 10.1 Å². The van der Waals surface area contributed by atoms with Gasteiger partial charge in [-0.1, -0.05) is 41.9 Å². The highest BCUT2D eigenvalue weighted by atomic mass is 35.5. The quantitative estimate of drug-likeness (QED) is 0.383. The summed E-state index contributed by atoms with van der Waals surface area (Å²) in [6.45, 7) is 0.237. The van der Waals surface area contributed by atoms with Gasteiger partial charge in [-0.25, -0.2) is 4.39 Å². The number of pyridine rings is 1. The van der Waals surface area contributed by atoms with E-state index in [9.17, 15) is 18.8 Å². The normalized spacial score (nSPS) is 22.8. The second-order valence-electron chi connectivity index (χ2n) is 10.5. The van der Waals surface area contributed by atoms with Gasteiger partial charge >= 0.3 is 5.97 Å². The Balaban J connectivity index is 1.18. The molecule has 40 heavy (non-hydrogen) atoms. The molecule has 10 heteroatoms. The molecular weight excluding hydrogens is 537 g/mol. The molecule has 0 unspecified atom stereocenters. The first-order valence-electron chi connectivity index (χ1n) is 13.5. The lowest BCUT2D eigenvalue weighted by atomic mass is 9.87. The van der Waals surface area contributed by atoms with Crippen LogP contribution in [-0.4, -0.2) is 64.2 Å². The molecule has 2 N–H and O–H groups in total. The van der Waals surface area contributed by atoms with E-state index in [2.05, 4.69) is 10.3 Å². The van der Waals surface area contributed by atoms with Crippen LogP contribution >= 0.6 is 11.6 Å². The van der Waals surface area contributed by atoms with Gasteiger partial charge in [-0.3, -0.25) is 19.4 Å². The summed E-state index contributed by atoms with van der Waals surface area (Å²) in [6, 6.07) is 13.9. The number of aromatic nitrogens is 1. The van der Waals surface area contributed by atoms with Crippen molar-refractivity contribution in [3.05, 3.63) is 71.0 Å². The third-order valence-corrected chi connectivity index (χ3v) is 8.07.